The van der Waals surface area contributed by atoms with Gasteiger partial charge in [-0.25, -0.2) is 4.98 Å². The number of benzene rings is 4. The average molecular weight is 350 g/mol. The zero-order chi connectivity index (χ0) is 18.7. The van der Waals surface area contributed by atoms with Gasteiger partial charge in [-0.05, 0) is 53.8 Å². The van der Waals surface area contributed by atoms with Crippen molar-refractivity contribution in [3.63, 3.8) is 0 Å². The molecular weight excluding hydrogens is 328 g/mol. The molecule has 2 heteroatoms. The summed E-state index contributed by atoms with van der Waals surface area (Å²) in [5, 5.41) is 5.07. The third-order valence-electron chi connectivity index (χ3n) is 5.65. The Morgan fingerprint density at radius 3 is 2.19 bits per heavy atom. The average Bonchev–Trinajstić information content (AvgIpc) is 3.03. The van der Waals surface area contributed by atoms with Crippen molar-refractivity contribution in [2.24, 2.45) is 7.05 Å². The number of hydrogen-bond donors (Lipinski definition) is 0. The lowest BCUT2D eigenvalue weighted by atomic mass is 9.88. The molecule has 4 aromatic carbocycles. The van der Waals surface area contributed by atoms with Gasteiger partial charge in [0.05, 0.1) is 17.4 Å². The van der Waals surface area contributed by atoms with Crippen molar-refractivity contribution < 1.29 is 0 Å². The summed E-state index contributed by atoms with van der Waals surface area (Å²) < 4.78 is 2.13. The molecule has 0 amide bonds. The maximum Gasteiger partial charge on any atom is 0.0969 e. The van der Waals surface area contributed by atoms with Crippen LogP contribution in [0.4, 0.5) is 0 Å². The van der Waals surface area contributed by atoms with Gasteiger partial charge in [0.15, 0.2) is 0 Å². The van der Waals surface area contributed by atoms with E-state index in [4.69, 9.17) is 4.98 Å². The summed E-state index contributed by atoms with van der Waals surface area (Å²) in [5.41, 5.74) is 8.88. The number of imidazole rings is 1. The molecule has 0 atom stereocenters. The molecule has 0 fully saturated rings. The SMILES string of the molecule is Cc1cc(C)c(-c2cccc3c4ncn(C)c4c4ccccc4c23)c(C)c1. The van der Waals surface area contributed by atoms with Crippen LogP contribution in [0.3, 0.4) is 0 Å². The van der Waals surface area contributed by atoms with E-state index in [2.05, 4.69) is 87.0 Å². The topological polar surface area (TPSA) is 17.8 Å². The minimum atomic E-state index is 1.08. The van der Waals surface area contributed by atoms with Gasteiger partial charge in [0.25, 0.3) is 0 Å². The van der Waals surface area contributed by atoms with Crippen molar-refractivity contribution in [1.29, 1.82) is 0 Å². The Morgan fingerprint density at radius 2 is 1.44 bits per heavy atom. The van der Waals surface area contributed by atoms with Gasteiger partial charge in [-0.1, -0.05) is 60.2 Å². The Balaban J connectivity index is 2.06. The Kier molecular flexibility index (Phi) is 3.38. The van der Waals surface area contributed by atoms with Crippen molar-refractivity contribution in [3.8, 4) is 11.1 Å². The van der Waals surface area contributed by atoms with Crippen LogP contribution in [0.2, 0.25) is 0 Å². The van der Waals surface area contributed by atoms with Crippen LogP contribution < -0.4 is 0 Å². The van der Waals surface area contributed by atoms with Crippen molar-refractivity contribution in [1.82, 2.24) is 9.55 Å². The highest BCUT2D eigenvalue weighted by atomic mass is 15.0. The Labute approximate surface area is 159 Å². The highest BCUT2D eigenvalue weighted by Crippen LogP contribution is 2.41. The van der Waals surface area contributed by atoms with Crippen LogP contribution in [-0.2, 0) is 7.05 Å². The van der Waals surface area contributed by atoms with E-state index in [1.807, 2.05) is 6.33 Å². The summed E-state index contributed by atoms with van der Waals surface area (Å²) in [4.78, 5) is 4.75. The van der Waals surface area contributed by atoms with Gasteiger partial charge < -0.3 is 4.57 Å². The third kappa shape index (κ3) is 2.23. The van der Waals surface area contributed by atoms with Gasteiger partial charge in [-0.2, -0.15) is 0 Å². The molecular formula is C25H22N2. The van der Waals surface area contributed by atoms with E-state index in [1.165, 1.54) is 54.9 Å². The van der Waals surface area contributed by atoms with E-state index in [0.717, 1.165) is 5.52 Å². The number of nitrogens with zero attached hydrogens (tertiary/aromatic N) is 2. The molecule has 1 aromatic heterocycles. The van der Waals surface area contributed by atoms with Gasteiger partial charge in [0, 0.05) is 17.8 Å². The van der Waals surface area contributed by atoms with E-state index in [-0.39, 0.29) is 0 Å². The van der Waals surface area contributed by atoms with Crippen LogP contribution in [0.25, 0.3) is 43.7 Å². The van der Waals surface area contributed by atoms with Crippen LogP contribution in [-0.4, -0.2) is 9.55 Å². The Bertz CT molecular complexity index is 1330. The largest absolute Gasteiger partial charge is 0.333 e. The summed E-state index contributed by atoms with van der Waals surface area (Å²) in [7, 11) is 2.08. The Hall–Kier alpha value is -3.13. The number of rotatable bonds is 1. The fraction of sp³-hybridized carbons (Fsp3) is 0.160. The van der Waals surface area contributed by atoms with Gasteiger partial charge in [0.2, 0.25) is 0 Å². The minimum absolute atomic E-state index is 1.08. The minimum Gasteiger partial charge on any atom is -0.333 e. The van der Waals surface area contributed by atoms with Crippen LogP contribution in [0.1, 0.15) is 16.7 Å². The van der Waals surface area contributed by atoms with Crippen LogP contribution in [0.5, 0.6) is 0 Å². The van der Waals surface area contributed by atoms with E-state index >= 15 is 0 Å². The second-order valence-corrected chi connectivity index (χ2v) is 7.60. The summed E-state index contributed by atoms with van der Waals surface area (Å²) in [6.07, 6.45) is 1.92. The maximum absolute atomic E-state index is 4.75. The first kappa shape index (κ1) is 16.1. The molecule has 0 N–H and O–H groups in total. The fourth-order valence-corrected chi connectivity index (χ4v) is 4.71. The van der Waals surface area contributed by atoms with Gasteiger partial charge in [0.1, 0.15) is 0 Å². The number of hydrogen-bond acceptors (Lipinski definition) is 1. The molecule has 0 spiro atoms. The van der Waals surface area contributed by atoms with Gasteiger partial charge in [-0.15, -0.1) is 0 Å². The molecule has 1 heterocycles. The fourth-order valence-electron chi connectivity index (χ4n) is 4.71. The summed E-state index contributed by atoms with van der Waals surface area (Å²) in [6, 6.07) is 19.9. The number of aryl methyl sites for hydroxylation is 4. The van der Waals surface area contributed by atoms with E-state index in [0.29, 0.717) is 0 Å². The smallest absolute Gasteiger partial charge is 0.0969 e. The zero-order valence-electron chi connectivity index (χ0n) is 16.2. The maximum atomic E-state index is 4.75. The van der Waals surface area contributed by atoms with Crippen molar-refractivity contribution in [2.45, 2.75) is 20.8 Å². The zero-order valence-corrected chi connectivity index (χ0v) is 16.2. The normalized spacial score (nSPS) is 11.7. The highest BCUT2D eigenvalue weighted by Gasteiger charge is 2.17. The van der Waals surface area contributed by atoms with Crippen LogP contribution in [0, 0.1) is 20.8 Å². The molecule has 0 radical (unpaired) electrons. The predicted molar refractivity (Wildman–Crippen MR) is 115 cm³/mol. The summed E-state index contributed by atoms with van der Waals surface area (Å²) in [6.45, 7) is 6.60. The molecule has 0 aliphatic rings. The lowest BCUT2D eigenvalue weighted by Crippen LogP contribution is -1.93. The second-order valence-electron chi connectivity index (χ2n) is 7.60. The first-order valence-electron chi connectivity index (χ1n) is 9.39. The van der Waals surface area contributed by atoms with E-state index in [9.17, 15) is 0 Å². The van der Waals surface area contributed by atoms with Gasteiger partial charge >= 0.3 is 0 Å². The van der Waals surface area contributed by atoms with Gasteiger partial charge in [-0.3, -0.25) is 0 Å². The van der Waals surface area contributed by atoms with Crippen LogP contribution >= 0.6 is 0 Å². The van der Waals surface area contributed by atoms with E-state index < -0.39 is 0 Å². The molecule has 5 aromatic rings. The molecule has 0 saturated carbocycles. The first-order valence-corrected chi connectivity index (χ1v) is 9.39. The Morgan fingerprint density at radius 1 is 0.778 bits per heavy atom. The van der Waals surface area contributed by atoms with Crippen molar-refractivity contribution in [2.75, 3.05) is 0 Å². The number of fused-ring (bicyclic) bond motifs is 6. The lowest BCUT2D eigenvalue weighted by molar-refractivity contribution is 0.951. The second kappa shape index (κ2) is 5.68. The third-order valence-corrected chi connectivity index (χ3v) is 5.65. The predicted octanol–water partition coefficient (Wildman–Crippen LogP) is 6.47. The summed E-state index contributed by atoms with van der Waals surface area (Å²) >= 11 is 0. The molecule has 2 nitrogen and oxygen atoms in total. The monoisotopic (exact) mass is 350 g/mol. The van der Waals surface area contributed by atoms with Crippen LogP contribution in [0.15, 0.2) is 60.9 Å². The standard InChI is InChI=1S/C25H22N2/c1-15-12-16(2)22(17(3)13-15)20-10-7-11-21-23(20)18-8-5-6-9-19(18)25-24(21)26-14-27(25)4/h5-14H,1-4H3. The summed E-state index contributed by atoms with van der Waals surface area (Å²) in [5.74, 6) is 0. The first-order chi connectivity index (χ1) is 13.1. The molecule has 0 saturated heterocycles. The molecule has 27 heavy (non-hydrogen) atoms. The molecule has 132 valence electrons. The quantitative estimate of drug-likeness (QED) is 0.317. The van der Waals surface area contributed by atoms with E-state index in [1.54, 1.807) is 0 Å². The van der Waals surface area contributed by atoms with Crippen molar-refractivity contribution in [3.05, 3.63) is 77.6 Å². The number of aromatic nitrogens is 2. The highest BCUT2D eigenvalue weighted by molar-refractivity contribution is 6.26. The molecule has 0 aliphatic heterocycles. The molecule has 5 rings (SSSR count). The molecule has 0 aliphatic carbocycles. The lowest BCUT2D eigenvalue weighted by Gasteiger charge is -2.16. The molecule has 0 unspecified atom stereocenters. The van der Waals surface area contributed by atoms with Crippen molar-refractivity contribution >= 4 is 32.6 Å². The molecule has 0 bridgehead atoms.